The quantitative estimate of drug-likeness (QED) is 0.906. The molecule has 0 radical (unpaired) electrons. The Morgan fingerprint density at radius 3 is 2.42 bits per heavy atom. The fraction of sp³-hybridized carbons (Fsp3) is 0.353. The molecule has 2 heterocycles. The molecule has 1 fully saturated rings. The summed E-state index contributed by atoms with van der Waals surface area (Å²) in [6, 6.07) is 7.66. The van der Waals surface area contributed by atoms with Gasteiger partial charge in [0.05, 0.1) is 5.56 Å². The number of amides is 1. The number of alkyl halides is 3. The molecule has 0 bridgehead atoms. The lowest BCUT2D eigenvalue weighted by atomic mass is 10.2. The molecule has 26 heavy (non-hydrogen) atoms. The van der Waals surface area contributed by atoms with Crippen molar-refractivity contribution < 1.29 is 18.0 Å². The largest absolute Gasteiger partial charge is 0.416 e. The van der Waals surface area contributed by atoms with Gasteiger partial charge in [-0.15, -0.1) is 10.2 Å². The Bertz CT molecular complexity index is 771. The van der Waals surface area contributed by atoms with E-state index in [2.05, 4.69) is 25.3 Å². The summed E-state index contributed by atoms with van der Waals surface area (Å²) in [6.07, 6.45) is -4.47. The maximum absolute atomic E-state index is 12.7. The first-order chi connectivity index (χ1) is 12.3. The van der Waals surface area contributed by atoms with Crippen molar-refractivity contribution in [1.29, 1.82) is 0 Å². The van der Waals surface area contributed by atoms with E-state index in [1.165, 1.54) is 18.2 Å². The van der Waals surface area contributed by atoms with Gasteiger partial charge < -0.3 is 15.1 Å². The molecule has 1 aromatic heterocycles. The Hall–Kier alpha value is -2.68. The van der Waals surface area contributed by atoms with E-state index >= 15 is 0 Å². The third-order valence-corrected chi connectivity index (χ3v) is 4.16. The minimum absolute atomic E-state index is 0.0419. The van der Waals surface area contributed by atoms with Crippen molar-refractivity contribution in [2.75, 3.05) is 43.4 Å². The van der Waals surface area contributed by atoms with Crippen molar-refractivity contribution in [3.63, 3.8) is 0 Å². The highest BCUT2D eigenvalue weighted by Gasteiger charge is 2.30. The van der Waals surface area contributed by atoms with Crippen LogP contribution in [-0.2, 0) is 6.18 Å². The van der Waals surface area contributed by atoms with Crippen LogP contribution in [0.2, 0.25) is 0 Å². The number of rotatable bonds is 3. The third kappa shape index (κ3) is 4.29. The van der Waals surface area contributed by atoms with E-state index in [-0.39, 0.29) is 11.4 Å². The van der Waals surface area contributed by atoms with Crippen molar-refractivity contribution in [3.05, 3.63) is 47.7 Å². The molecule has 6 nitrogen and oxygen atoms in total. The molecule has 138 valence electrons. The first-order valence-corrected chi connectivity index (χ1v) is 8.09. The second kappa shape index (κ2) is 7.28. The minimum atomic E-state index is -4.47. The summed E-state index contributed by atoms with van der Waals surface area (Å²) in [5.41, 5.74) is -0.734. The highest BCUT2D eigenvalue weighted by Crippen LogP contribution is 2.30. The number of nitrogens with one attached hydrogen (secondary N) is 1. The molecule has 1 saturated heterocycles. The SMILES string of the molecule is CN1CCN(c2ccc(C(=O)Nc3cccc(C(F)(F)F)c3)nn2)CC1. The van der Waals surface area contributed by atoms with Crippen molar-refractivity contribution in [3.8, 4) is 0 Å². The van der Waals surface area contributed by atoms with Gasteiger partial charge in [-0.1, -0.05) is 6.07 Å². The summed E-state index contributed by atoms with van der Waals surface area (Å²) >= 11 is 0. The molecule has 1 amide bonds. The van der Waals surface area contributed by atoms with Crippen LogP contribution in [0.15, 0.2) is 36.4 Å². The molecule has 0 aliphatic carbocycles. The van der Waals surface area contributed by atoms with Gasteiger partial charge in [0.1, 0.15) is 0 Å². The Labute approximate surface area is 148 Å². The molecule has 2 aromatic rings. The molecule has 3 rings (SSSR count). The number of piperazine rings is 1. The van der Waals surface area contributed by atoms with Gasteiger partial charge in [0, 0.05) is 31.9 Å². The number of nitrogens with zero attached hydrogens (tertiary/aromatic N) is 4. The molecular formula is C17H18F3N5O. The number of hydrogen-bond acceptors (Lipinski definition) is 5. The second-order valence-corrected chi connectivity index (χ2v) is 6.10. The van der Waals surface area contributed by atoms with Gasteiger partial charge in [0.25, 0.3) is 5.91 Å². The molecule has 1 aliphatic rings. The monoisotopic (exact) mass is 365 g/mol. The van der Waals surface area contributed by atoms with E-state index in [0.29, 0.717) is 5.82 Å². The van der Waals surface area contributed by atoms with E-state index in [4.69, 9.17) is 0 Å². The lowest BCUT2D eigenvalue weighted by Crippen LogP contribution is -2.44. The standard InChI is InChI=1S/C17H18F3N5O/c1-24-7-9-25(10-8-24)15-6-5-14(22-23-15)16(26)21-13-4-2-3-12(11-13)17(18,19)20/h2-6,11H,7-10H2,1H3,(H,21,26). The molecule has 1 N–H and O–H groups in total. The highest BCUT2D eigenvalue weighted by molar-refractivity contribution is 6.02. The fourth-order valence-corrected chi connectivity index (χ4v) is 2.62. The van der Waals surface area contributed by atoms with Crippen LogP contribution in [-0.4, -0.2) is 54.2 Å². The molecule has 0 unspecified atom stereocenters. The number of likely N-dealkylation sites (N-methyl/N-ethyl adjacent to an activating group) is 1. The van der Waals surface area contributed by atoms with Gasteiger partial charge in [-0.2, -0.15) is 13.2 Å². The van der Waals surface area contributed by atoms with Crippen molar-refractivity contribution >= 4 is 17.4 Å². The van der Waals surface area contributed by atoms with Gasteiger partial charge >= 0.3 is 6.18 Å². The van der Waals surface area contributed by atoms with E-state index in [1.54, 1.807) is 6.07 Å². The molecular weight excluding hydrogens is 347 g/mol. The summed E-state index contributed by atoms with van der Waals surface area (Å²) in [5.74, 6) is 0.0653. The lowest BCUT2D eigenvalue weighted by molar-refractivity contribution is -0.137. The zero-order chi connectivity index (χ0) is 18.7. The second-order valence-electron chi connectivity index (χ2n) is 6.10. The normalized spacial score (nSPS) is 15.8. The Morgan fingerprint density at radius 2 is 1.81 bits per heavy atom. The first-order valence-electron chi connectivity index (χ1n) is 8.09. The van der Waals surface area contributed by atoms with Crippen LogP contribution in [0.4, 0.5) is 24.7 Å². The summed E-state index contributed by atoms with van der Waals surface area (Å²) < 4.78 is 38.2. The van der Waals surface area contributed by atoms with Crippen LogP contribution < -0.4 is 10.2 Å². The average molecular weight is 365 g/mol. The summed E-state index contributed by atoms with van der Waals surface area (Å²) in [7, 11) is 2.05. The van der Waals surface area contributed by atoms with E-state index in [0.717, 1.165) is 38.3 Å². The van der Waals surface area contributed by atoms with Gasteiger partial charge in [0.15, 0.2) is 11.5 Å². The van der Waals surface area contributed by atoms with Crippen LogP contribution in [0, 0.1) is 0 Å². The predicted octanol–water partition coefficient (Wildman–Crippen LogP) is 2.50. The maximum atomic E-state index is 12.7. The number of halogens is 3. The van der Waals surface area contributed by atoms with Crippen molar-refractivity contribution in [2.45, 2.75) is 6.18 Å². The van der Waals surface area contributed by atoms with E-state index in [9.17, 15) is 18.0 Å². The van der Waals surface area contributed by atoms with Crippen LogP contribution in [0.1, 0.15) is 16.1 Å². The van der Waals surface area contributed by atoms with Gasteiger partial charge in [-0.25, -0.2) is 0 Å². The topological polar surface area (TPSA) is 61.4 Å². The van der Waals surface area contributed by atoms with Crippen molar-refractivity contribution in [1.82, 2.24) is 15.1 Å². The van der Waals surface area contributed by atoms with Crippen LogP contribution >= 0.6 is 0 Å². The third-order valence-electron chi connectivity index (χ3n) is 4.16. The molecule has 9 heteroatoms. The molecule has 0 atom stereocenters. The number of carbonyl (C=O) groups is 1. The Kier molecular flexibility index (Phi) is 5.08. The van der Waals surface area contributed by atoms with Gasteiger partial charge in [0.2, 0.25) is 0 Å². The zero-order valence-electron chi connectivity index (χ0n) is 14.1. The summed E-state index contributed by atoms with van der Waals surface area (Å²) in [4.78, 5) is 16.5. The van der Waals surface area contributed by atoms with Crippen molar-refractivity contribution in [2.24, 2.45) is 0 Å². The average Bonchev–Trinajstić information content (AvgIpc) is 2.62. The van der Waals surface area contributed by atoms with Gasteiger partial charge in [-0.05, 0) is 37.4 Å². The Morgan fingerprint density at radius 1 is 1.08 bits per heavy atom. The van der Waals surface area contributed by atoms with E-state index in [1.807, 2.05) is 7.05 Å². The van der Waals surface area contributed by atoms with Crippen LogP contribution in [0.5, 0.6) is 0 Å². The molecule has 0 spiro atoms. The number of carbonyl (C=O) groups excluding carboxylic acids is 1. The zero-order valence-corrected chi connectivity index (χ0v) is 14.1. The molecule has 0 saturated carbocycles. The van der Waals surface area contributed by atoms with Gasteiger partial charge in [-0.3, -0.25) is 4.79 Å². The van der Waals surface area contributed by atoms with E-state index < -0.39 is 17.6 Å². The number of benzene rings is 1. The number of hydrogen-bond donors (Lipinski definition) is 1. The maximum Gasteiger partial charge on any atom is 0.416 e. The smallest absolute Gasteiger partial charge is 0.353 e. The van der Waals surface area contributed by atoms with Crippen LogP contribution in [0.3, 0.4) is 0 Å². The number of aromatic nitrogens is 2. The first kappa shape index (κ1) is 18.1. The number of anilines is 2. The minimum Gasteiger partial charge on any atom is -0.353 e. The Balaban J connectivity index is 1.67. The predicted molar refractivity (Wildman–Crippen MR) is 91.1 cm³/mol. The lowest BCUT2D eigenvalue weighted by Gasteiger charge is -2.32. The fourth-order valence-electron chi connectivity index (χ4n) is 2.62. The summed E-state index contributed by atoms with van der Waals surface area (Å²) in [5, 5.41) is 10.4. The molecule has 1 aromatic carbocycles. The highest BCUT2D eigenvalue weighted by atomic mass is 19.4. The summed E-state index contributed by atoms with van der Waals surface area (Å²) in [6.45, 7) is 3.47. The molecule has 1 aliphatic heterocycles. The van der Waals surface area contributed by atoms with Crippen LogP contribution in [0.25, 0.3) is 0 Å².